The van der Waals surface area contributed by atoms with E-state index in [9.17, 15) is 24.3 Å². The number of rotatable bonds is 15. The Hall–Kier alpha value is -3.03. The highest BCUT2D eigenvalue weighted by Gasteiger charge is 2.30. The zero-order valence-electron chi connectivity index (χ0n) is 19.8. The number of nitrogens with two attached hydrogens (primary N) is 1. The molecule has 1 heterocycles. The van der Waals surface area contributed by atoms with Gasteiger partial charge in [-0.25, -0.2) is 9.78 Å². The first-order chi connectivity index (χ1) is 17.2. The minimum Gasteiger partial charge on any atom is -0.480 e. The number of aliphatic carboxylic acids is 1. The predicted octanol–water partition coefficient (Wildman–Crippen LogP) is -0.256. The van der Waals surface area contributed by atoms with Crippen LogP contribution in [0, 0.1) is 0 Å². The monoisotopic (exact) mass is 536 g/mol. The second kappa shape index (κ2) is 15.2. The zero-order chi connectivity index (χ0) is 26.5. The van der Waals surface area contributed by atoms with Gasteiger partial charge < -0.3 is 31.8 Å². The summed E-state index contributed by atoms with van der Waals surface area (Å²) in [4.78, 5) is 57.0. The average molecular weight is 537 g/mol. The predicted molar refractivity (Wildman–Crippen MR) is 141 cm³/mol. The van der Waals surface area contributed by atoms with Gasteiger partial charge in [-0.05, 0) is 24.0 Å². The van der Waals surface area contributed by atoms with Crippen molar-refractivity contribution in [2.24, 2.45) is 5.73 Å². The van der Waals surface area contributed by atoms with Gasteiger partial charge in [-0.15, -0.1) is 0 Å². The van der Waals surface area contributed by atoms with Crippen molar-refractivity contribution < 1.29 is 24.3 Å². The summed E-state index contributed by atoms with van der Waals surface area (Å²) in [6.45, 7) is 0. The van der Waals surface area contributed by atoms with Crippen LogP contribution in [0.3, 0.4) is 0 Å². The number of carboxylic acids is 1. The summed E-state index contributed by atoms with van der Waals surface area (Å²) in [5, 5.41) is 17.2. The first-order valence-electron chi connectivity index (χ1n) is 11.3. The summed E-state index contributed by atoms with van der Waals surface area (Å²) < 4.78 is 0. The van der Waals surface area contributed by atoms with Crippen molar-refractivity contribution in [2.45, 2.75) is 43.4 Å². The third-order valence-electron chi connectivity index (χ3n) is 5.29. The fourth-order valence-electron chi connectivity index (χ4n) is 3.27. The van der Waals surface area contributed by atoms with Gasteiger partial charge in [0.15, 0.2) is 0 Å². The molecule has 3 amide bonds. The van der Waals surface area contributed by atoms with Crippen LogP contribution in [-0.2, 0) is 32.0 Å². The van der Waals surface area contributed by atoms with Crippen LogP contribution in [0.15, 0.2) is 42.9 Å². The number of carboxylic acid groups (broad SMARTS) is 1. The van der Waals surface area contributed by atoms with Crippen LogP contribution in [0.25, 0.3) is 0 Å². The molecule has 4 atom stereocenters. The quantitative estimate of drug-likeness (QED) is 0.152. The summed E-state index contributed by atoms with van der Waals surface area (Å²) in [6.07, 6.45) is 5.45. The van der Waals surface area contributed by atoms with Gasteiger partial charge in [0.1, 0.15) is 18.1 Å². The van der Waals surface area contributed by atoms with Crippen LogP contribution in [0.4, 0.5) is 0 Å². The van der Waals surface area contributed by atoms with E-state index in [1.807, 2.05) is 6.26 Å². The van der Waals surface area contributed by atoms with Gasteiger partial charge in [0, 0.05) is 30.5 Å². The van der Waals surface area contributed by atoms with Crippen LogP contribution in [0.1, 0.15) is 17.7 Å². The molecule has 2 rings (SSSR count). The van der Waals surface area contributed by atoms with E-state index in [1.165, 1.54) is 12.5 Å². The molecule has 11 nitrogen and oxygen atoms in total. The summed E-state index contributed by atoms with van der Waals surface area (Å²) >= 11 is 5.70. The SMILES string of the molecule is CSCCC(N)C(=O)NC(Cc1cnc[nH]1)C(=O)NC(CS)C(=O)NC(Cc1ccccc1)C(=O)O. The number of aromatic nitrogens is 2. The molecular formula is C23H32N6O5S2. The van der Waals surface area contributed by atoms with Crippen LogP contribution in [0.2, 0.25) is 0 Å². The van der Waals surface area contributed by atoms with E-state index in [2.05, 4.69) is 38.5 Å². The second-order valence-electron chi connectivity index (χ2n) is 8.06. The summed E-state index contributed by atoms with van der Waals surface area (Å²) in [5.41, 5.74) is 7.26. The molecule has 7 N–H and O–H groups in total. The fraction of sp³-hybridized carbons (Fsp3) is 0.435. The number of hydrogen-bond donors (Lipinski definition) is 7. The van der Waals surface area contributed by atoms with E-state index in [0.717, 1.165) is 5.56 Å². The van der Waals surface area contributed by atoms with Crippen LogP contribution >= 0.6 is 24.4 Å². The Morgan fingerprint density at radius 2 is 1.67 bits per heavy atom. The second-order valence-corrected chi connectivity index (χ2v) is 9.41. The lowest BCUT2D eigenvalue weighted by Gasteiger charge is -2.24. The van der Waals surface area contributed by atoms with Crippen molar-refractivity contribution in [2.75, 3.05) is 17.8 Å². The molecule has 0 saturated carbocycles. The van der Waals surface area contributed by atoms with Gasteiger partial charge in [0.05, 0.1) is 12.4 Å². The molecule has 13 heteroatoms. The number of thioether (sulfide) groups is 1. The normalized spacial score (nSPS) is 14.2. The lowest BCUT2D eigenvalue weighted by atomic mass is 10.1. The van der Waals surface area contributed by atoms with Gasteiger partial charge in [-0.3, -0.25) is 14.4 Å². The van der Waals surface area contributed by atoms with E-state index in [-0.39, 0.29) is 18.6 Å². The Morgan fingerprint density at radius 1 is 1.03 bits per heavy atom. The molecule has 0 bridgehead atoms. The van der Waals surface area contributed by atoms with E-state index >= 15 is 0 Å². The summed E-state index contributed by atoms with van der Waals surface area (Å²) in [6, 6.07) is 4.68. The van der Waals surface area contributed by atoms with Crippen molar-refractivity contribution in [3.8, 4) is 0 Å². The minimum atomic E-state index is -1.21. The Morgan fingerprint density at radius 3 is 2.25 bits per heavy atom. The number of benzene rings is 1. The average Bonchev–Trinajstić information content (AvgIpc) is 3.38. The maximum atomic E-state index is 13.1. The van der Waals surface area contributed by atoms with Gasteiger partial charge in [-0.2, -0.15) is 24.4 Å². The Kier molecular flexibility index (Phi) is 12.3. The van der Waals surface area contributed by atoms with Gasteiger partial charge >= 0.3 is 5.97 Å². The molecule has 2 aromatic rings. The number of imidazole rings is 1. The molecule has 1 aromatic carbocycles. The lowest BCUT2D eigenvalue weighted by molar-refractivity contribution is -0.142. The van der Waals surface area contributed by atoms with Crippen molar-refractivity contribution >= 4 is 48.1 Å². The van der Waals surface area contributed by atoms with E-state index < -0.39 is 47.9 Å². The number of carbonyl (C=O) groups is 4. The van der Waals surface area contributed by atoms with E-state index in [1.54, 1.807) is 42.1 Å². The number of hydrogen-bond acceptors (Lipinski definition) is 8. The topological polar surface area (TPSA) is 179 Å². The van der Waals surface area contributed by atoms with E-state index in [0.29, 0.717) is 17.9 Å². The van der Waals surface area contributed by atoms with Crippen LogP contribution < -0.4 is 21.7 Å². The molecule has 36 heavy (non-hydrogen) atoms. The van der Waals surface area contributed by atoms with Crippen LogP contribution in [-0.4, -0.2) is 80.7 Å². The van der Waals surface area contributed by atoms with Crippen molar-refractivity contribution in [1.29, 1.82) is 0 Å². The first kappa shape index (κ1) is 29.2. The maximum absolute atomic E-state index is 13.1. The fourth-order valence-corrected chi connectivity index (χ4v) is 4.02. The van der Waals surface area contributed by atoms with Gasteiger partial charge in [-0.1, -0.05) is 30.3 Å². The summed E-state index contributed by atoms with van der Waals surface area (Å²) in [5.74, 6) is -2.46. The molecule has 4 unspecified atom stereocenters. The Bertz CT molecular complexity index is 992. The molecule has 0 aliphatic rings. The third kappa shape index (κ3) is 9.55. The highest BCUT2D eigenvalue weighted by atomic mass is 32.2. The first-order valence-corrected chi connectivity index (χ1v) is 13.3. The summed E-state index contributed by atoms with van der Waals surface area (Å²) in [7, 11) is 0. The molecule has 0 fully saturated rings. The number of aromatic amines is 1. The molecule has 0 spiro atoms. The van der Waals surface area contributed by atoms with Crippen molar-refractivity contribution in [1.82, 2.24) is 25.9 Å². The zero-order valence-corrected chi connectivity index (χ0v) is 21.6. The standard InChI is InChI=1S/C23H32N6O5S2/c1-36-8-7-16(24)20(30)27-17(10-15-11-25-13-26-15)21(31)29-19(12-35)22(32)28-18(23(33)34)9-14-5-3-2-4-6-14/h2-6,11,13,16-19,35H,7-10,12,24H2,1H3,(H,25,26)(H,27,30)(H,28,32)(H,29,31)(H,33,34). The molecule has 0 aliphatic carbocycles. The van der Waals surface area contributed by atoms with Gasteiger partial charge in [0.2, 0.25) is 17.7 Å². The highest BCUT2D eigenvalue weighted by Crippen LogP contribution is 2.06. The van der Waals surface area contributed by atoms with Crippen molar-refractivity contribution in [3.63, 3.8) is 0 Å². The largest absolute Gasteiger partial charge is 0.480 e. The molecule has 0 radical (unpaired) electrons. The number of H-pyrrole nitrogens is 1. The van der Waals surface area contributed by atoms with Crippen LogP contribution in [0.5, 0.6) is 0 Å². The number of amides is 3. The Labute approximate surface area is 219 Å². The minimum absolute atomic E-state index is 0.0710. The highest BCUT2D eigenvalue weighted by molar-refractivity contribution is 7.98. The molecular weight excluding hydrogens is 504 g/mol. The lowest BCUT2D eigenvalue weighted by Crippen LogP contribution is -2.58. The van der Waals surface area contributed by atoms with Crippen molar-refractivity contribution in [3.05, 3.63) is 54.1 Å². The van der Waals surface area contributed by atoms with Gasteiger partial charge in [0.25, 0.3) is 0 Å². The number of nitrogens with one attached hydrogen (secondary N) is 4. The third-order valence-corrected chi connectivity index (χ3v) is 6.30. The molecule has 196 valence electrons. The Balaban J connectivity index is 2.08. The maximum Gasteiger partial charge on any atom is 0.326 e. The number of carbonyl (C=O) groups excluding carboxylic acids is 3. The molecule has 0 saturated heterocycles. The van der Waals surface area contributed by atoms with E-state index in [4.69, 9.17) is 5.73 Å². The molecule has 1 aromatic heterocycles. The number of thiol groups is 1. The molecule has 0 aliphatic heterocycles. The number of nitrogens with zero attached hydrogens (tertiary/aromatic N) is 1. The smallest absolute Gasteiger partial charge is 0.326 e.